The van der Waals surface area contributed by atoms with E-state index >= 15 is 0 Å². The lowest BCUT2D eigenvalue weighted by molar-refractivity contribution is 0.0118. The molecular formula is C14H29NO2. The van der Waals surface area contributed by atoms with Crippen molar-refractivity contribution in [3.05, 3.63) is 0 Å². The fraction of sp³-hybridized carbons (Fsp3) is 1.00. The highest BCUT2D eigenvalue weighted by Gasteiger charge is 2.27. The summed E-state index contributed by atoms with van der Waals surface area (Å²) in [7, 11) is 0. The van der Waals surface area contributed by atoms with Gasteiger partial charge in [-0.05, 0) is 44.1 Å². The summed E-state index contributed by atoms with van der Waals surface area (Å²) in [6, 6.07) is 0. The first-order valence-corrected chi connectivity index (χ1v) is 7.01. The Morgan fingerprint density at radius 3 is 2.35 bits per heavy atom. The van der Waals surface area contributed by atoms with Gasteiger partial charge >= 0.3 is 0 Å². The third-order valence-electron chi connectivity index (χ3n) is 4.43. The second-order valence-corrected chi connectivity index (χ2v) is 6.13. The Morgan fingerprint density at radius 1 is 1.24 bits per heavy atom. The monoisotopic (exact) mass is 243 g/mol. The van der Waals surface area contributed by atoms with Gasteiger partial charge in [-0.25, -0.2) is 0 Å². The molecule has 0 aromatic carbocycles. The van der Waals surface area contributed by atoms with E-state index in [1.165, 1.54) is 19.3 Å². The number of aliphatic hydroxyl groups excluding tert-OH is 1. The van der Waals surface area contributed by atoms with Crippen LogP contribution in [-0.4, -0.2) is 35.5 Å². The van der Waals surface area contributed by atoms with Gasteiger partial charge in [-0.1, -0.05) is 26.7 Å². The maximum atomic E-state index is 10.1. The van der Waals surface area contributed by atoms with Crippen LogP contribution < -0.4 is 5.32 Å². The lowest BCUT2D eigenvalue weighted by Gasteiger charge is -2.33. The third-order valence-corrected chi connectivity index (χ3v) is 4.43. The number of aliphatic hydroxyl groups is 2. The van der Waals surface area contributed by atoms with Gasteiger partial charge in [0.2, 0.25) is 0 Å². The van der Waals surface area contributed by atoms with Crippen molar-refractivity contribution in [3.8, 4) is 0 Å². The smallest absolute Gasteiger partial charge is 0.0766 e. The summed E-state index contributed by atoms with van der Waals surface area (Å²) in [6.07, 6.45) is 4.90. The van der Waals surface area contributed by atoms with Gasteiger partial charge in [-0.2, -0.15) is 0 Å². The summed E-state index contributed by atoms with van der Waals surface area (Å²) in [4.78, 5) is 0. The number of rotatable bonds is 6. The standard InChI is InChI=1S/C14H29NO2/c1-11(2)14(3,17)10-15-8-12-6-4-5-7-13(12)9-16/h11-13,15-17H,4-10H2,1-3H3. The molecular weight excluding hydrogens is 214 g/mol. The molecule has 1 aliphatic rings. The molecule has 1 rings (SSSR count). The van der Waals surface area contributed by atoms with Gasteiger partial charge in [0.1, 0.15) is 0 Å². The van der Waals surface area contributed by atoms with E-state index < -0.39 is 5.60 Å². The minimum Gasteiger partial charge on any atom is -0.396 e. The molecule has 0 aromatic rings. The van der Waals surface area contributed by atoms with Crippen molar-refractivity contribution in [2.45, 2.75) is 52.1 Å². The third kappa shape index (κ3) is 4.57. The van der Waals surface area contributed by atoms with E-state index in [0.29, 0.717) is 25.0 Å². The molecule has 1 aliphatic carbocycles. The zero-order valence-corrected chi connectivity index (χ0v) is 11.6. The van der Waals surface area contributed by atoms with Crippen molar-refractivity contribution in [1.82, 2.24) is 5.32 Å². The van der Waals surface area contributed by atoms with Crippen molar-refractivity contribution in [2.24, 2.45) is 17.8 Å². The van der Waals surface area contributed by atoms with Crippen LogP contribution in [-0.2, 0) is 0 Å². The van der Waals surface area contributed by atoms with Crippen LogP contribution in [0.4, 0.5) is 0 Å². The summed E-state index contributed by atoms with van der Waals surface area (Å²) in [5, 5.41) is 22.8. The Hall–Kier alpha value is -0.120. The molecule has 0 aromatic heterocycles. The van der Waals surface area contributed by atoms with E-state index in [-0.39, 0.29) is 5.92 Å². The first kappa shape index (κ1) is 14.9. The first-order chi connectivity index (χ1) is 7.97. The molecule has 0 aliphatic heterocycles. The highest BCUT2D eigenvalue weighted by Crippen LogP contribution is 2.29. The van der Waals surface area contributed by atoms with Gasteiger partial charge in [-0.15, -0.1) is 0 Å². The van der Waals surface area contributed by atoms with Crippen LogP contribution in [0.25, 0.3) is 0 Å². The molecule has 1 saturated carbocycles. The minimum atomic E-state index is -0.636. The second-order valence-electron chi connectivity index (χ2n) is 6.13. The zero-order chi connectivity index (χ0) is 12.9. The molecule has 3 N–H and O–H groups in total. The van der Waals surface area contributed by atoms with Crippen LogP contribution in [0.3, 0.4) is 0 Å². The highest BCUT2D eigenvalue weighted by molar-refractivity contribution is 4.81. The molecule has 0 radical (unpaired) electrons. The summed E-state index contributed by atoms with van der Waals surface area (Å²) in [6.45, 7) is 7.84. The number of hydrogen-bond acceptors (Lipinski definition) is 3. The molecule has 3 nitrogen and oxygen atoms in total. The average Bonchev–Trinajstić information content (AvgIpc) is 2.29. The van der Waals surface area contributed by atoms with E-state index in [2.05, 4.69) is 5.32 Å². The van der Waals surface area contributed by atoms with Gasteiger partial charge in [0.25, 0.3) is 0 Å². The van der Waals surface area contributed by atoms with Gasteiger partial charge in [0, 0.05) is 13.2 Å². The summed E-state index contributed by atoms with van der Waals surface area (Å²) in [5.74, 6) is 1.30. The van der Waals surface area contributed by atoms with E-state index in [1.807, 2.05) is 20.8 Å². The maximum absolute atomic E-state index is 10.1. The fourth-order valence-electron chi connectivity index (χ4n) is 2.51. The van der Waals surface area contributed by atoms with Crippen molar-refractivity contribution < 1.29 is 10.2 Å². The Kier molecular flexibility index (Phi) is 5.90. The molecule has 102 valence electrons. The molecule has 3 unspecified atom stereocenters. The zero-order valence-electron chi connectivity index (χ0n) is 11.6. The fourth-order valence-corrected chi connectivity index (χ4v) is 2.51. The van der Waals surface area contributed by atoms with Gasteiger partial charge in [0.15, 0.2) is 0 Å². The molecule has 0 bridgehead atoms. The molecule has 0 saturated heterocycles. The van der Waals surface area contributed by atoms with Gasteiger partial charge < -0.3 is 15.5 Å². The van der Waals surface area contributed by atoms with E-state index in [4.69, 9.17) is 0 Å². The van der Waals surface area contributed by atoms with Crippen LogP contribution >= 0.6 is 0 Å². The van der Waals surface area contributed by atoms with E-state index in [0.717, 1.165) is 13.0 Å². The molecule has 0 spiro atoms. The van der Waals surface area contributed by atoms with Crippen molar-refractivity contribution >= 4 is 0 Å². The highest BCUT2D eigenvalue weighted by atomic mass is 16.3. The van der Waals surface area contributed by atoms with Crippen LogP contribution in [0.15, 0.2) is 0 Å². The molecule has 3 atom stereocenters. The summed E-state index contributed by atoms with van der Waals surface area (Å²) < 4.78 is 0. The normalized spacial score (nSPS) is 29.3. The van der Waals surface area contributed by atoms with Crippen LogP contribution in [0.1, 0.15) is 46.5 Å². The molecule has 0 heterocycles. The predicted molar refractivity (Wildman–Crippen MR) is 70.9 cm³/mol. The Bertz CT molecular complexity index is 216. The summed E-state index contributed by atoms with van der Waals surface area (Å²) >= 11 is 0. The lowest BCUT2D eigenvalue weighted by Crippen LogP contribution is -2.44. The van der Waals surface area contributed by atoms with E-state index in [1.54, 1.807) is 0 Å². The lowest BCUT2D eigenvalue weighted by atomic mass is 9.79. The average molecular weight is 243 g/mol. The SMILES string of the molecule is CC(C)C(C)(O)CNCC1CCCCC1CO. The topological polar surface area (TPSA) is 52.5 Å². The van der Waals surface area contributed by atoms with Crippen molar-refractivity contribution in [1.29, 1.82) is 0 Å². The van der Waals surface area contributed by atoms with Crippen molar-refractivity contribution in [2.75, 3.05) is 19.7 Å². The Balaban J connectivity index is 2.29. The summed E-state index contributed by atoms with van der Waals surface area (Å²) in [5.41, 5.74) is -0.636. The Morgan fingerprint density at radius 2 is 1.82 bits per heavy atom. The molecule has 0 amide bonds. The quantitative estimate of drug-likeness (QED) is 0.666. The molecule has 1 fully saturated rings. The predicted octanol–water partition coefficient (Wildman–Crippen LogP) is 1.78. The van der Waals surface area contributed by atoms with Crippen LogP contribution in [0.5, 0.6) is 0 Å². The minimum absolute atomic E-state index is 0.259. The number of nitrogens with one attached hydrogen (secondary N) is 1. The van der Waals surface area contributed by atoms with E-state index in [9.17, 15) is 10.2 Å². The Labute approximate surface area is 106 Å². The first-order valence-electron chi connectivity index (χ1n) is 7.01. The molecule has 17 heavy (non-hydrogen) atoms. The van der Waals surface area contributed by atoms with Crippen molar-refractivity contribution in [3.63, 3.8) is 0 Å². The largest absolute Gasteiger partial charge is 0.396 e. The van der Waals surface area contributed by atoms with Crippen LogP contribution in [0.2, 0.25) is 0 Å². The van der Waals surface area contributed by atoms with Gasteiger partial charge in [-0.3, -0.25) is 0 Å². The number of hydrogen-bond donors (Lipinski definition) is 3. The second kappa shape index (κ2) is 6.72. The van der Waals surface area contributed by atoms with Gasteiger partial charge in [0.05, 0.1) is 5.60 Å². The van der Waals surface area contributed by atoms with Crippen LogP contribution in [0, 0.1) is 17.8 Å². The molecule has 3 heteroatoms. The maximum Gasteiger partial charge on any atom is 0.0766 e.